The van der Waals surface area contributed by atoms with Crippen LogP contribution in [-0.4, -0.2) is 54.5 Å². The number of hydrogen-bond donors (Lipinski definition) is 1. The van der Waals surface area contributed by atoms with Gasteiger partial charge in [0, 0.05) is 25.7 Å². The first-order valence-electron chi connectivity index (χ1n) is 5.92. The Kier molecular flexibility index (Phi) is 3.26. The maximum atomic E-state index is 11.9. The van der Waals surface area contributed by atoms with E-state index in [0.717, 1.165) is 13.0 Å². The molecule has 0 aromatic carbocycles. The Balaban J connectivity index is 1.82. The third kappa shape index (κ3) is 2.49. The summed E-state index contributed by atoms with van der Waals surface area (Å²) in [5.41, 5.74) is 5.68. The molecule has 0 spiro atoms. The Morgan fingerprint density at radius 2 is 2.20 bits per heavy atom. The Bertz CT molecular complexity index is 240. The molecule has 0 aromatic heterocycles. The van der Waals surface area contributed by atoms with E-state index < -0.39 is 0 Å². The van der Waals surface area contributed by atoms with E-state index in [4.69, 9.17) is 5.73 Å². The highest BCUT2D eigenvalue weighted by Crippen LogP contribution is 2.26. The van der Waals surface area contributed by atoms with Gasteiger partial charge in [0.05, 0.1) is 6.54 Å². The Morgan fingerprint density at radius 1 is 1.47 bits per heavy atom. The predicted molar refractivity (Wildman–Crippen MR) is 59.4 cm³/mol. The number of nitrogens with two attached hydrogens (primary N) is 1. The molecular weight excluding hydrogens is 190 g/mol. The van der Waals surface area contributed by atoms with Gasteiger partial charge >= 0.3 is 0 Å². The average molecular weight is 211 g/mol. The maximum absolute atomic E-state index is 11.9. The third-order valence-electron chi connectivity index (χ3n) is 3.60. The van der Waals surface area contributed by atoms with Crippen molar-refractivity contribution in [3.8, 4) is 0 Å². The lowest BCUT2D eigenvalue weighted by Gasteiger charge is -2.25. The van der Waals surface area contributed by atoms with Gasteiger partial charge in [0.25, 0.3) is 0 Å². The van der Waals surface area contributed by atoms with Gasteiger partial charge in [-0.1, -0.05) is 0 Å². The Hall–Kier alpha value is -0.610. The Morgan fingerprint density at radius 3 is 2.80 bits per heavy atom. The summed E-state index contributed by atoms with van der Waals surface area (Å²) in [5, 5.41) is 0. The average Bonchev–Trinajstić information content (AvgIpc) is 2.99. The molecule has 1 heterocycles. The number of nitrogens with zero attached hydrogens (tertiary/aromatic N) is 2. The summed E-state index contributed by atoms with van der Waals surface area (Å²) in [7, 11) is 1.92. The van der Waals surface area contributed by atoms with Crippen molar-refractivity contribution in [1.82, 2.24) is 9.80 Å². The molecule has 2 aliphatic rings. The van der Waals surface area contributed by atoms with Gasteiger partial charge in [-0.15, -0.1) is 0 Å². The van der Waals surface area contributed by atoms with Crippen LogP contribution in [0.5, 0.6) is 0 Å². The number of carbonyl (C=O) groups excluding carboxylic acids is 1. The predicted octanol–water partition coefficient (Wildman–Crippen LogP) is 0.0303. The first-order valence-corrected chi connectivity index (χ1v) is 5.92. The maximum Gasteiger partial charge on any atom is 0.236 e. The van der Waals surface area contributed by atoms with Crippen LogP contribution in [0, 0.1) is 0 Å². The van der Waals surface area contributed by atoms with Crippen molar-refractivity contribution in [3.63, 3.8) is 0 Å². The van der Waals surface area contributed by atoms with Crippen LogP contribution in [0.1, 0.15) is 25.7 Å². The SMILES string of the molecule is CN(C(=O)CN1CCCC1CN)C1CC1. The van der Waals surface area contributed by atoms with Crippen LogP contribution in [0.3, 0.4) is 0 Å². The van der Waals surface area contributed by atoms with Crippen molar-refractivity contribution in [2.75, 3.05) is 26.7 Å². The number of likely N-dealkylation sites (N-methyl/N-ethyl adjacent to an activating group) is 1. The molecule has 86 valence electrons. The Labute approximate surface area is 91.4 Å². The second-order valence-electron chi connectivity index (χ2n) is 4.74. The second-order valence-corrected chi connectivity index (χ2v) is 4.74. The highest BCUT2D eigenvalue weighted by molar-refractivity contribution is 5.78. The zero-order valence-electron chi connectivity index (χ0n) is 9.48. The van der Waals surface area contributed by atoms with Crippen molar-refractivity contribution in [1.29, 1.82) is 0 Å². The molecule has 1 saturated heterocycles. The first kappa shape index (κ1) is 10.9. The van der Waals surface area contributed by atoms with Crippen molar-refractivity contribution in [2.45, 2.75) is 37.8 Å². The molecule has 2 N–H and O–H groups in total. The van der Waals surface area contributed by atoms with Crippen LogP contribution in [0.15, 0.2) is 0 Å². The van der Waals surface area contributed by atoms with Gasteiger partial charge in [0.2, 0.25) is 5.91 Å². The summed E-state index contributed by atoms with van der Waals surface area (Å²) in [5.74, 6) is 0.262. The van der Waals surface area contributed by atoms with Crippen LogP contribution in [-0.2, 0) is 4.79 Å². The fraction of sp³-hybridized carbons (Fsp3) is 0.909. The van der Waals surface area contributed by atoms with Gasteiger partial charge in [-0.3, -0.25) is 9.69 Å². The molecule has 4 heteroatoms. The number of rotatable bonds is 4. The highest BCUT2D eigenvalue weighted by atomic mass is 16.2. The number of amides is 1. The van der Waals surface area contributed by atoms with Gasteiger partial charge in [-0.25, -0.2) is 0 Å². The van der Waals surface area contributed by atoms with Gasteiger partial charge in [0.1, 0.15) is 0 Å². The van der Waals surface area contributed by atoms with E-state index in [2.05, 4.69) is 4.90 Å². The molecule has 1 amide bonds. The van der Waals surface area contributed by atoms with Gasteiger partial charge in [-0.2, -0.15) is 0 Å². The van der Waals surface area contributed by atoms with E-state index >= 15 is 0 Å². The summed E-state index contributed by atoms with van der Waals surface area (Å²) in [6, 6.07) is 0.956. The van der Waals surface area contributed by atoms with E-state index in [9.17, 15) is 4.79 Å². The van der Waals surface area contributed by atoms with Crippen LogP contribution in [0.25, 0.3) is 0 Å². The summed E-state index contributed by atoms with van der Waals surface area (Å²) in [4.78, 5) is 16.0. The molecule has 2 rings (SSSR count). The monoisotopic (exact) mass is 211 g/mol. The quantitative estimate of drug-likeness (QED) is 0.714. The summed E-state index contributed by atoms with van der Waals surface area (Å²) in [6.45, 7) is 2.28. The molecule has 0 aromatic rings. The normalized spacial score (nSPS) is 26.9. The van der Waals surface area contributed by atoms with Crippen LogP contribution in [0.4, 0.5) is 0 Å². The minimum atomic E-state index is 0.262. The van der Waals surface area contributed by atoms with Gasteiger partial charge in [0.15, 0.2) is 0 Å². The van der Waals surface area contributed by atoms with E-state index in [1.54, 1.807) is 0 Å². The fourth-order valence-electron chi connectivity index (χ4n) is 2.32. The van der Waals surface area contributed by atoms with E-state index in [0.29, 0.717) is 25.2 Å². The van der Waals surface area contributed by atoms with E-state index in [1.165, 1.54) is 19.3 Å². The van der Waals surface area contributed by atoms with Crippen molar-refractivity contribution in [2.24, 2.45) is 5.73 Å². The first-order chi connectivity index (χ1) is 7.22. The van der Waals surface area contributed by atoms with Crippen LogP contribution < -0.4 is 5.73 Å². The molecule has 1 unspecified atom stereocenters. The zero-order chi connectivity index (χ0) is 10.8. The van der Waals surface area contributed by atoms with E-state index in [-0.39, 0.29) is 5.91 Å². The standard InChI is InChI=1S/C11H21N3O/c1-13(9-4-5-9)11(15)8-14-6-2-3-10(14)7-12/h9-10H,2-8,12H2,1H3. The minimum absolute atomic E-state index is 0.262. The molecule has 1 aliphatic heterocycles. The molecule has 15 heavy (non-hydrogen) atoms. The minimum Gasteiger partial charge on any atom is -0.342 e. The van der Waals surface area contributed by atoms with Crippen molar-refractivity contribution >= 4 is 5.91 Å². The zero-order valence-corrected chi connectivity index (χ0v) is 9.48. The van der Waals surface area contributed by atoms with Crippen molar-refractivity contribution in [3.05, 3.63) is 0 Å². The van der Waals surface area contributed by atoms with E-state index in [1.807, 2.05) is 11.9 Å². The summed E-state index contributed by atoms with van der Waals surface area (Å²) >= 11 is 0. The molecule has 1 aliphatic carbocycles. The lowest BCUT2D eigenvalue weighted by molar-refractivity contribution is -0.131. The highest BCUT2D eigenvalue weighted by Gasteiger charge is 2.32. The smallest absolute Gasteiger partial charge is 0.236 e. The molecule has 1 atom stereocenters. The molecule has 1 saturated carbocycles. The number of hydrogen-bond acceptors (Lipinski definition) is 3. The van der Waals surface area contributed by atoms with Gasteiger partial charge in [-0.05, 0) is 32.2 Å². The van der Waals surface area contributed by atoms with Crippen LogP contribution in [0.2, 0.25) is 0 Å². The third-order valence-corrected chi connectivity index (χ3v) is 3.60. The number of likely N-dealkylation sites (tertiary alicyclic amines) is 1. The summed E-state index contributed by atoms with van der Waals surface area (Å²) < 4.78 is 0. The van der Waals surface area contributed by atoms with Crippen LogP contribution >= 0.6 is 0 Å². The number of carbonyl (C=O) groups is 1. The second kappa shape index (κ2) is 4.49. The topological polar surface area (TPSA) is 49.6 Å². The van der Waals surface area contributed by atoms with Crippen molar-refractivity contribution < 1.29 is 4.79 Å². The fourth-order valence-corrected chi connectivity index (χ4v) is 2.32. The lowest BCUT2D eigenvalue weighted by atomic mass is 10.2. The van der Waals surface area contributed by atoms with Gasteiger partial charge < -0.3 is 10.6 Å². The summed E-state index contributed by atoms with van der Waals surface area (Å²) in [6.07, 6.45) is 4.70. The lowest BCUT2D eigenvalue weighted by Crippen LogP contribution is -2.43. The molecule has 0 bridgehead atoms. The molecular formula is C11H21N3O. The molecule has 2 fully saturated rings. The molecule has 4 nitrogen and oxygen atoms in total. The largest absolute Gasteiger partial charge is 0.342 e. The molecule has 0 radical (unpaired) electrons.